The molecule has 0 bridgehead atoms. The Bertz CT molecular complexity index is 1050. The molecule has 2 aromatic rings. The number of piperidine rings is 1. The van der Waals surface area contributed by atoms with E-state index in [9.17, 15) is 17.6 Å². The Balaban J connectivity index is 1.43. The molecule has 0 aliphatic carbocycles. The minimum atomic E-state index is -3.49. The summed E-state index contributed by atoms with van der Waals surface area (Å²) in [5.74, 6) is -0.272. The summed E-state index contributed by atoms with van der Waals surface area (Å²) in [6.45, 7) is 5.07. The molecule has 0 aromatic heterocycles. The number of carbonyl (C=O) groups excluding carboxylic acids is 1. The predicted molar refractivity (Wildman–Crippen MR) is 130 cm³/mol. The van der Waals surface area contributed by atoms with Crippen molar-refractivity contribution in [3.63, 3.8) is 0 Å². The molecule has 1 aliphatic heterocycles. The van der Waals surface area contributed by atoms with Crippen LogP contribution in [0.5, 0.6) is 5.75 Å². The largest absolute Gasteiger partial charge is 0.486 e. The summed E-state index contributed by atoms with van der Waals surface area (Å²) in [5, 5.41) is 5.53. The van der Waals surface area contributed by atoms with Gasteiger partial charge in [-0.25, -0.2) is 17.6 Å². The van der Waals surface area contributed by atoms with Crippen LogP contribution in [0.15, 0.2) is 53.4 Å². The fourth-order valence-corrected chi connectivity index (χ4v) is 5.67. The zero-order valence-electron chi connectivity index (χ0n) is 19.8. The Kier molecular flexibility index (Phi) is 9.29. The lowest BCUT2D eigenvalue weighted by atomic mass is 10.1. The van der Waals surface area contributed by atoms with Gasteiger partial charge in [-0.15, -0.1) is 0 Å². The average molecular weight is 492 g/mol. The summed E-state index contributed by atoms with van der Waals surface area (Å²) in [7, 11) is -3.49. The van der Waals surface area contributed by atoms with Crippen LogP contribution in [-0.4, -0.2) is 50.5 Å². The van der Waals surface area contributed by atoms with E-state index in [4.69, 9.17) is 4.74 Å². The summed E-state index contributed by atoms with van der Waals surface area (Å²) in [5.41, 5.74) is 0.931. The SMILES string of the molecule is CCC(CNC(=O)NCCc1ccc(S(=O)(=O)N2CCCCC2C)cc1)Oc1ccccc1F. The number of hydrogen-bond donors (Lipinski definition) is 2. The lowest BCUT2D eigenvalue weighted by molar-refractivity contribution is 0.183. The minimum absolute atomic E-state index is 0.0190. The second kappa shape index (κ2) is 12.2. The third-order valence-corrected chi connectivity index (χ3v) is 8.07. The number of hydrogen-bond acceptors (Lipinski definition) is 4. The maximum Gasteiger partial charge on any atom is 0.314 e. The molecule has 1 fully saturated rings. The molecule has 2 aromatic carbocycles. The van der Waals surface area contributed by atoms with Crippen LogP contribution in [-0.2, 0) is 16.4 Å². The molecule has 2 amide bonds. The fraction of sp³-hybridized carbons (Fsp3) is 0.480. The second-order valence-corrected chi connectivity index (χ2v) is 10.5. The smallest absolute Gasteiger partial charge is 0.314 e. The van der Waals surface area contributed by atoms with Crippen molar-refractivity contribution in [3.05, 3.63) is 59.9 Å². The Morgan fingerprint density at radius 2 is 1.88 bits per heavy atom. The minimum Gasteiger partial charge on any atom is -0.486 e. The number of nitrogens with zero attached hydrogens (tertiary/aromatic N) is 1. The number of ether oxygens (including phenoxy) is 1. The van der Waals surface area contributed by atoms with Gasteiger partial charge < -0.3 is 15.4 Å². The summed E-state index contributed by atoms with van der Waals surface area (Å²) >= 11 is 0. The van der Waals surface area contributed by atoms with Crippen molar-refractivity contribution >= 4 is 16.1 Å². The van der Waals surface area contributed by atoms with Crippen molar-refractivity contribution < 1.29 is 22.3 Å². The Morgan fingerprint density at radius 1 is 1.15 bits per heavy atom. The highest BCUT2D eigenvalue weighted by atomic mass is 32.2. The van der Waals surface area contributed by atoms with E-state index in [1.54, 1.807) is 46.8 Å². The predicted octanol–water partition coefficient (Wildman–Crippen LogP) is 4.09. The lowest BCUT2D eigenvalue weighted by Gasteiger charge is -2.32. The van der Waals surface area contributed by atoms with E-state index in [0.29, 0.717) is 30.8 Å². The highest BCUT2D eigenvalue weighted by molar-refractivity contribution is 7.89. The topological polar surface area (TPSA) is 87.7 Å². The Hall–Kier alpha value is -2.65. The highest BCUT2D eigenvalue weighted by Gasteiger charge is 2.30. The molecular formula is C25H34FN3O4S. The van der Waals surface area contributed by atoms with Crippen LogP contribution in [0.4, 0.5) is 9.18 Å². The van der Waals surface area contributed by atoms with Crippen molar-refractivity contribution in [2.24, 2.45) is 0 Å². The summed E-state index contributed by atoms with van der Waals surface area (Å²) < 4.78 is 46.8. The molecule has 3 rings (SSSR count). The van der Waals surface area contributed by atoms with Crippen LogP contribution in [0.1, 0.15) is 45.1 Å². The van der Waals surface area contributed by atoms with Gasteiger partial charge in [0.2, 0.25) is 10.0 Å². The van der Waals surface area contributed by atoms with Gasteiger partial charge in [0, 0.05) is 19.1 Å². The van der Waals surface area contributed by atoms with E-state index in [1.807, 2.05) is 13.8 Å². The van der Waals surface area contributed by atoms with Gasteiger partial charge in [0.15, 0.2) is 11.6 Å². The number of amides is 2. The molecule has 2 N–H and O–H groups in total. The van der Waals surface area contributed by atoms with Crippen LogP contribution in [0.2, 0.25) is 0 Å². The normalized spacial score (nSPS) is 17.7. The lowest BCUT2D eigenvalue weighted by Crippen LogP contribution is -2.42. The molecule has 9 heteroatoms. The van der Waals surface area contributed by atoms with Gasteiger partial charge in [-0.05, 0) is 62.4 Å². The van der Waals surface area contributed by atoms with Crippen molar-refractivity contribution in [1.82, 2.24) is 14.9 Å². The first-order valence-electron chi connectivity index (χ1n) is 11.8. The van der Waals surface area contributed by atoms with Crippen molar-refractivity contribution in [2.45, 2.75) is 63.0 Å². The van der Waals surface area contributed by atoms with E-state index < -0.39 is 15.8 Å². The van der Waals surface area contributed by atoms with Crippen LogP contribution >= 0.6 is 0 Å². The van der Waals surface area contributed by atoms with Crippen LogP contribution in [0.3, 0.4) is 0 Å². The Morgan fingerprint density at radius 3 is 2.56 bits per heavy atom. The first kappa shape index (κ1) is 26.0. The van der Waals surface area contributed by atoms with E-state index in [1.165, 1.54) is 6.07 Å². The maximum absolute atomic E-state index is 13.8. The van der Waals surface area contributed by atoms with Gasteiger partial charge in [0.25, 0.3) is 0 Å². The molecule has 0 spiro atoms. The van der Waals surface area contributed by atoms with Gasteiger partial charge in [0.05, 0.1) is 11.4 Å². The van der Waals surface area contributed by atoms with E-state index >= 15 is 0 Å². The number of halogens is 1. The molecule has 2 unspecified atom stereocenters. The number of sulfonamides is 1. The highest BCUT2D eigenvalue weighted by Crippen LogP contribution is 2.25. The van der Waals surface area contributed by atoms with Gasteiger partial charge in [-0.3, -0.25) is 0 Å². The number of nitrogens with one attached hydrogen (secondary N) is 2. The summed E-state index contributed by atoms with van der Waals surface area (Å²) in [6, 6.07) is 12.7. The van der Waals surface area contributed by atoms with E-state index in [2.05, 4.69) is 10.6 Å². The van der Waals surface area contributed by atoms with Crippen molar-refractivity contribution in [3.8, 4) is 5.75 Å². The third kappa shape index (κ3) is 6.93. The first-order valence-corrected chi connectivity index (χ1v) is 13.3. The van der Waals surface area contributed by atoms with Gasteiger partial charge in [-0.2, -0.15) is 4.31 Å². The molecule has 2 atom stereocenters. The summed E-state index contributed by atoms with van der Waals surface area (Å²) in [6.07, 6.45) is 3.67. The number of carbonyl (C=O) groups is 1. The van der Waals surface area contributed by atoms with Crippen molar-refractivity contribution in [1.29, 1.82) is 0 Å². The van der Waals surface area contributed by atoms with Gasteiger partial charge in [0.1, 0.15) is 6.10 Å². The molecule has 1 aliphatic rings. The van der Waals surface area contributed by atoms with Crippen LogP contribution < -0.4 is 15.4 Å². The zero-order chi connectivity index (χ0) is 24.6. The van der Waals surface area contributed by atoms with Gasteiger partial charge in [-0.1, -0.05) is 37.6 Å². The van der Waals surface area contributed by atoms with Crippen LogP contribution in [0.25, 0.3) is 0 Å². The molecule has 0 radical (unpaired) electrons. The van der Waals surface area contributed by atoms with E-state index in [0.717, 1.165) is 24.8 Å². The summed E-state index contributed by atoms with van der Waals surface area (Å²) in [4.78, 5) is 12.4. The second-order valence-electron chi connectivity index (χ2n) is 8.57. The van der Waals surface area contributed by atoms with E-state index in [-0.39, 0.29) is 30.5 Å². The molecule has 1 heterocycles. The number of urea groups is 1. The third-order valence-electron chi connectivity index (χ3n) is 6.05. The molecular weight excluding hydrogens is 457 g/mol. The average Bonchev–Trinajstić information content (AvgIpc) is 2.83. The maximum atomic E-state index is 13.8. The molecule has 1 saturated heterocycles. The quantitative estimate of drug-likeness (QED) is 0.524. The first-order chi connectivity index (χ1) is 16.3. The molecule has 34 heavy (non-hydrogen) atoms. The number of benzene rings is 2. The standard InChI is InChI=1S/C25H34FN3O4S/c1-3-21(33-24-10-5-4-9-23(24)26)18-28-25(30)27-16-15-20-11-13-22(14-12-20)34(31,32)29-17-7-6-8-19(29)2/h4-5,9-14,19,21H,3,6-8,15-18H2,1-2H3,(H2,27,28,30). The number of rotatable bonds is 10. The van der Waals surface area contributed by atoms with Gasteiger partial charge >= 0.3 is 6.03 Å². The molecule has 186 valence electrons. The fourth-order valence-electron chi connectivity index (χ4n) is 3.97. The Labute approximate surface area is 201 Å². The molecule has 0 saturated carbocycles. The van der Waals surface area contributed by atoms with Crippen LogP contribution in [0, 0.1) is 5.82 Å². The zero-order valence-corrected chi connectivity index (χ0v) is 20.6. The monoisotopic (exact) mass is 491 g/mol. The number of para-hydroxylation sites is 1. The molecule has 7 nitrogen and oxygen atoms in total. The van der Waals surface area contributed by atoms with Crippen molar-refractivity contribution in [2.75, 3.05) is 19.6 Å².